The quantitative estimate of drug-likeness (QED) is 0.647. The van der Waals surface area contributed by atoms with Crippen LogP contribution in [0.4, 0.5) is 9.18 Å². The first-order valence-corrected chi connectivity index (χ1v) is 7.53. The number of carbonyl (C=O) groups is 2. The molecule has 2 aromatic rings. The van der Waals surface area contributed by atoms with E-state index >= 15 is 0 Å². The molecule has 0 aliphatic rings. The van der Waals surface area contributed by atoms with Crippen LogP contribution in [0.2, 0.25) is 0 Å². The molecule has 1 amide bonds. The van der Waals surface area contributed by atoms with Crippen LogP contribution in [0.15, 0.2) is 48.5 Å². The second-order valence-electron chi connectivity index (χ2n) is 5.01. The number of hydrogen-bond donors (Lipinski definition) is 2. The molecule has 0 aliphatic heterocycles. The molecule has 0 atom stereocenters. The number of alkyl carbamates (subject to hydrolysis) is 1. The average molecular weight is 341 g/mol. The molecule has 0 fully saturated rings. The molecule has 25 heavy (non-hydrogen) atoms. The van der Waals surface area contributed by atoms with E-state index in [9.17, 15) is 14.0 Å². The lowest BCUT2D eigenvalue weighted by atomic mass is 10.1. The standard InChI is InChI=1S/C19H16FNO4/c20-17-11-6-10-16(18(22)23)15(17)9-4-5-12-21-19(24)25-13-14-7-2-1-3-8-14/h1-3,6-8,10-11H,5,12-13H2,(H,21,24)(H,22,23). The van der Waals surface area contributed by atoms with E-state index in [4.69, 9.17) is 9.84 Å². The topological polar surface area (TPSA) is 75.6 Å². The normalized spacial score (nSPS) is 9.64. The fourth-order valence-electron chi connectivity index (χ4n) is 1.98. The number of amides is 1. The number of benzene rings is 2. The van der Waals surface area contributed by atoms with Gasteiger partial charge in [0.2, 0.25) is 0 Å². The Hall–Kier alpha value is -3.33. The van der Waals surface area contributed by atoms with E-state index in [0.29, 0.717) is 0 Å². The van der Waals surface area contributed by atoms with Crippen molar-refractivity contribution in [1.29, 1.82) is 0 Å². The van der Waals surface area contributed by atoms with Crippen LogP contribution in [0, 0.1) is 17.7 Å². The van der Waals surface area contributed by atoms with E-state index in [1.807, 2.05) is 30.3 Å². The molecular weight excluding hydrogens is 325 g/mol. The van der Waals surface area contributed by atoms with Crippen molar-refractivity contribution >= 4 is 12.1 Å². The van der Waals surface area contributed by atoms with Crippen molar-refractivity contribution in [2.24, 2.45) is 0 Å². The zero-order chi connectivity index (χ0) is 18.1. The number of carboxylic acid groups (broad SMARTS) is 1. The zero-order valence-corrected chi connectivity index (χ0v) is 13.3. The van der Waals surface area contributed by atoms with Gasteiger partial charge in [0.25, 0.3) is 0 Å². The van der Waals surface area contributed by atoms with Gasteiger partial charge in [-0.3, -0.25) is 0 Å². The van der Waals surface area contributed by atoms with Crippen LogP contribution >= 0.6 is 0 Å². The molecule has 0 aliphatic carbocycles. The molecule has 0 saturated carbocycles. The van der Waals surface area contributed by atoms with Crippen molar-refractivity contribution < 1.29 is 23.8 Å². The first-order valence-electron chi connectivity index (χ1n) is 7.53. The van der Waals surface area contributed by atoms with E-state index in [1.165, 1.54) is 12.1 Å². The summed E-state index contributed by atoms with van der Waals surface area (Å²) in [5, 5.41) is 11.5. The Morgan fingerprint density at radius 1 is 1.12 bits per heavy atom. The van der Waals surface area contributed by atoms with Crippen molar-refractivity contribution in [1.82, 2.24) is 5.32 Å². The fourth-order valence-corrected chi connectivity index (χ4v) is 1.98. The highest BCUT2D eigenvalue weighted by Gasteiger charge is 2.11. The minimum absolute atomic E-state index is 0.162. The van der Waals surface area contributed by atoms with Gasteiger partial charge >= 0.3 is 12.1 Å². The van der Waals surface area contributed by atoms with Gasteiger partial charge in [0, 0.05) is 13.0 Å². The molecule has 0 aromatic heterocycles. The number of carbonyl (C=O) groups excluding carboxylic acids is 1. The van der Waals surface area contributed by atoms with Crippen LogP contribution in [-0.4, -0.2) is 23.7 Å². The smallest absolute Gasteiger partial charge is 0.407 e. The van der Waals surface area contributed by atoms with Crippen molar-refractivity contribution in [3.63, 3.8) is 0 Å². The van der Waals surface area contributed by atoms with Crippen LogP contribution in [0.3, 0.4) is 0 Å². The molecule has 0 radical (unpaired) electrons. The molecule has 2 aromatic carbocycles. The maximum absolute atomic E-state index is 13.7. The van der Waals surface area contributed by atoms with Gasteiger partial charge in [-0.15, -0.1) is 0 Å². The minimum Gasteiger partial charge on any atom is -0.478 e. The number of carboxylic acids is 1. The molecule has 0 unspecified atom stereocenters. The summed E-state index contributed by atoms with van der Waals surface area (Å²) in [5.41, 5.74) is 0.516. The Kier molecular flexibility index (Phi) is 6.55. The summed E-state index contributed by atoms with van der Waals surface area (Å²) < 4.78 is 18.7. The van der Waals surface area contributed by atoms with Crippen LogP contribution in [0.5, 0.6) is 0 Å². The third-order valence-electron chi connectivity index (χ3n) is 3.19. The first-order chi connectivity index (χ1) is 12.1. The highest BCUT2D eigenvalue weighted by Crippen LogP contribution is 2.12. The van der Waals surface area contributed by atoms with Gasteiger partial charge in [-0.25, -0.2) is 14.0 Å². The second kappa shape index (κ2) is 9.08. The summed E-state index contributed by atoms with van der Waals surface area (Å²) in [6, 6.07) is 13.0. The van der Waals surface area contributed by atoms with Gasteiger partial charge in [-0.1, -0.05) is 48.2 Å². The molecule has 0 heterocycles. The monoisotopic (exact) mass is 341 g/mol. The fraction of sp³-hybridized carbons (Fsp3) is 0.158. The summed E-state index contributed by atoms with van der Waals surface area (Å²) in [6.45, 7) is 0.368. The zero-order valence-electron chi connectivity index (χ0n) is 13.3. The largest absolute Gasteiger partial charge is 0.478 e. The van der Waals surface area contributed by atoms with Crippen molar-refractivity contribution in [3.8, 4) is 11.8 Å². The number of halogens is 1. The number of nitrogens with one attached hydrogen (secondary N) is 1. The minimum atomic E-state index is -1.24. The van der Waals surface area contributed by atoms with Crippen molar-refractivity contribution in [3.05, 3.63) is 71.0 Å². The van der Waals surface area contributed by atoms with E-state index in [0.717, 1.165) is 11.6 Å². The lowest BCUT2D eigenvalue weighted by Crippen LogP contribution is -2.24. The van der Waals surface area contributed by atoms with Crippen LogP contribution < -0.4 is 5.32 Å². The summed E-state index contributed by atoms with van der Waals surface area (Å²) in [6.07, 6.45) is -0.351. The molecular formula is C19H16FNO4. The third kappa shape index (κ3) is 5.66. The van der Waals surface area contributed by atoms with Crippen molar-refractivity contribution in [2.75, 3.05) is 6.54 Å². The van der Waals surface area contributed by atoms with Gasteiger partial charge in [0.1, 0.15) is 12.4 Å². The maximum Gasteiger partial charge on any atom is 0.407 e. The predicted molar refractivity (Wildman–Crippen MR) is 89.5 cm³/mol. The van der Waals surface area contributed by atoms with E-state index in [-0.39, 0.29) is 30.7 Å². The van der Waals surface area contributed by atoms with Crippen LogP contribution in [0.1, 0.15) is 27.9 Å². The van der Waals surface area contributed by atoms with E-state index in [1.54, 1.807) is 0 Å². The number of ether oxygens (including phenoxy) is 1. The van der Waals surface area contributed by atoms with Gasteiger partial charge in [0.15, 0.2) is 0 Å². The summed E-state index contributed by atoms with van der Waals surface area (Å²) >= 11 is 0. The average Bonchev–Trinajstić information content (AvgIpc) is 2.61. The van der Waals surface area contributed by atoms with E-state index < -0.39 is 17.9 Å². The van der Waals surface area contributed by atoms with Gasteiger partial charge in [-0.05, 0) is 17.7 Å². The molecule has 2 N–H and O–H groups in total. The predicted octanol–water partition coefficient (Wildman–Crippen LogP) is 3.19. The Morgan fingerprint density at radius 3 is 2.60 bits per heavy atom. The summed E-state index contributed by atoms with van der Waals surface area (Å²) in [7, 11) is 0. The Bertz CT molecular complexity index is 809. The molecule has 6 heteroatoms. The SMILES string of the molecule is O=C(NCCC#Cc1c(F)cccc1C(=O)O)OCc1ccccc1. The third-order valence-corrected chi connectivity index (χ3v) is 3.19. The molecule has 0 saturated heterocycles. The molecule has 2 rings (SSSR count). The molecule has 0 bridgehead atoms. The number of aromatic carboxylic acids is 1. The van der Waals surface area contributed by atoms with Gasteiger partial charge < -0.3 is 15.2 Å². The van der Waals surface area contributed by atoms with Crippen LogP contribution in [0.25, 0.3) is 0 Å². The highest BCUT2D eigenvalue weighted by molar-refractivity contribution is 5.90. The lowest BCUT2D eigenvalue weighted by molar-refractivity contribution is 0.0696. The van der Waals surface area contributed by atoms with Gasteiger partial charge in [-0.2, -0.15) is 0 Å². The first kappa shape index (κ1) is 18.0. The summed E-state index contributed by atoms with van der Waals surface area (Å²) in [5.74, 6) is 3.20. The molecule has 0 spiro atoms. The summed E-state index contributed by atoms with van der Waals surface area (Å²) in [4.78, 5) is 22.6. The van der Waals surface area contributed by atoms with Crippen LogP contribution in [-0.2, 0) is 11.3 Å². The number of rotatable bonds is 5. The van der Waals surface area contributed by atoms with Gasteiger partial charge in [0.05, 0.1) is 11.1 Å². The van der Waals surface area contributed by atoms with Crippen molar-refractivity contribution in [2.45, 2.75) is 13.0 Å². The molecule has 5 nitrogen and oxygen atoms in total. The Morgan fingerprint density at radius 2 is 1.88 bits per heavy atom. The number of hydrogen-bond acceptors (Lipinski definition) is 3. The highest BCUT2D eigenvalue weighted by atomic mass is 19.1. The second-order valence-corrected chi connectivity index (χ2v) is 5.01. The molecule has 128 valence electrons. The van der Waals surface area contributed by atoms with E-state index in [2.05, 4.69) is 17.2 Å². The lowest BCUT2D eigenvalue weighted by Gasteiger charge is -2.05. The maximum atomic E-state index is 13.7. The Balaban J connectivity index is 1.79. The Labute approximate surface area is 144 Å².